The molecule has 0 unspecified atom stereocenters. The Morgan fingerprint density at radius 3 is 2.81 bits per heavy atom. The van der Waals surface area contributed by atoms with Gasteiger partial charge in [-0.05, 0) is 31.5 Å². The fraction of sp³-hybridized carbons (Fsp3) is 0.308. The fourth-order valence-corrected chi connectivity index (χ4v) is 2.68. The van der Waals surface area contributed by atoms with Gasteiger partial charge in [0.1, 0.15) is 5.58 Å². The van der Waals surface area contributed by atoms with Crippen LogP contribution >= 0.6 is 11.6 Å². The van der Waals surface area contributed by atoms with Gasteiger partial charge in [-0.15, -0.1) is 0 Å². The standard InChI is InChI=1S/C13H15ClN2O4S/c1-8-10-7-9(14)3-4-11(10)20-12(8)13(17)16-5-2-6-21(15,18)19/h3-4,7H,2,5-6H2,1H3,(H,16,17)(H2,15,18,19). The smallest absolute Gasteiger partial charge is 0.287 e. The van der Waals surface area contributed by atoms with Gasteiger partial charge in [0.05, 0.1) is 5.75 Å². The molecule has 1 aromatic heterocycles. The minimum atomic E-state index is -3.51. The van der Waals surface area contributed by atoms with Crippen LogP contribution in [0.2, 0.25) is 5.02 Å². The molecule has 0 bridgehead atoms. The molecule has 0 spiro atoms. The highest BCUT2D eigenvalue weighted by molar-refractivity contribution is 7.89. The number of sulfonamides is 1. The van der Waals surface area contributed by atoms with Gasteiger partial charge in [0.25, 0.3) is 5.91 Å². The van der Waals surface area contributed by atoms with E-state index in [0.717, 1.165) is 5.39 Å². The van der Waals surface area contributed by atoms with E-state index in [4.69, 9.17) is 21.2 Å². The molecule has 0 saturated carbocycles. The van der Waals surface area contributed by atoms with Crippen LogP contribution in [-0.2, 0) is 10.0 Å². The third-order valence-electron chi connectivity index (χ3n) is 3.00. The van der Waals surface area contributed by atoms with Gasteiger partial charge < -0.3 is 9.73 Å². The second-order valence-corrected chi connectivity index (χ2v) is 6.84. The minimum absolute atomic E-state index is 0.179. The molecule has 3 N–H and O–H groups in total. The number of nitrogens with two attached hydrogens (primary N) is 1. The van der Waals surface area contributed by atoms with Crippen LogP contribution in [0.15, 0.2) is 22.6 Å². The van der Waals surface area contributed by atoms with Gasteiger partial charge in [0.15, 0.2) is 5.76 Å². The van der Waals surface area contributed by atoms with E-state index in [0.29, 0.717) is 16.2 Å². The Kier molecular flexibility index (Phi) is 4.55. The monoisotopic (exact) mass is 330 g/mol. The van der Waals surface area contributed by atoms with Crippen LogP contribution in [-0.4, -0.2) is 26.6 Å². The molecule has 1 aromatic carbocycles. The van der Waals surface area contributed by atoms with Gasteiger partial charge in [-0.2, -0.15) is 0 Å². The van der Waals surface area contributed by atoms with E-state index in [1.54, 1.807) is 25.1 Å². The molecule has 0 aliphatic rings. The predicted molar refractivity (Wildman–Crippen MR) is 80.9 cm³/mol. The Morgan fingerprint density at radius 1 is 1.43 bits per heavy atom. The third-order valence-corrected chi connectivity index (χ3v) is 4.09. The van der Waals surface area contributed by atoms with Gasteiger partial charge in [-0.3, -0.25) is 4.79 Å². The topological polar surface area (TPSA) is 102 Å². The van der Waals surface area contributed by atoms with Gasteiger partial charge in [-0.25, -0.2) is 13.6 Å². The maximum Gasteiger partial charge on any atom is 0.287 e. The quantitative estimate of drug-likeness (QED) is 0.816. The molecule has 0 atom stereocenters. The Hall–Kier alpha value is -1.57. The summed E-state index contributed by atoms with van der Waals surface area (Å²) >= 11 is 5.91. The molecular weight excluding hydrogens is 316 g/mol. The summed E-state index contributed by atoms with van der Waals surface area (Å²) in [6.07, 6.45) is 0.246. The van der Waals surface area contributed by atoms with E-state index in [9.17, 15) is 13.2 Å². The first-order valence-corrected chi connectivity index (χ1v) is 8.34. The molecule has 1 heterocycles. The lowest BCUT2D eigenvalue weighted by atomic mass is 10.1. The highest BCUT2D eigenvalue weighted by Crippen LogP contribution is 2.27. The lowest BCUT2D eigenvalue weighted by molar-refractivity contribution is 0.0927. The average Bonchev–Trinajstić information content (AvgIpc) is 2.71. The zero-order valence-electron chi connectivity index (χ0n) is 11.3. The number of benzene rings is 1. The van der Waals surface area contributed by atoms with Crippen molar-refractivity contribution in [2.45, 2.75) is 13.3 Å². The fourth-order valence-electron chi connectivity index (χ4n) is 1.97. The molecule has 2 rings (SSSR count). The Labute approximate surface area is 127 Å². The number of halogens is 1. The first-order chi connectivity index (χ1) is 9.78. The Morgan fingerprint density at radius 2 is 2.14 bits per heavy atom. The molecular formula is C13H15ClN2O4S. The van der Waals surface area contributed by atoms with Crippen LogP contribution in [0.1, 0.15) is 22.5 Å². The van der Waals surface area contributed by atoms with E-state index in [1.165, 1.54) is 0 Å². The van der Waals surface area contributed by atoms with Crippen molar-refractivity contribution >= 4 is 38.5 Å². The van der Waals surface area contributed by atoms with Crippen LogP contribution in [0.4, 0.5) is 0 Å². The number of furan rings is 1. The summed E-state index contributed by atoms with van der Waals surface area (Å²) in [4.78, 5) is 12.0. The number of primary sulfonamides is 1. The van der Waals surface area contributed by atoms with Gasteiger partial charge in [0, 0.05) is 22.5 Å². The van der Waals surface area contributed by atoms with Crippen molar-refractivity contribution in [3.8, 4) is 0 Å². The zero-order valence-corrected chi connectivity index (χ0v) is 12.9. The largest absolute Gasteiger partial charge is 0.451 e. The maximum atomic E-state index is 12.0. The molecule has 2 aromatic rings. The molecule has 0 fully saturated rings. The number of amides is 1. The van der Waals surface area contributed by atoms with E-state index in [-0.39, 0.29) is 24.5 Å². The molecule has 6 nitrogen and oxygen atoms in total. The van der Waals surface area contributed by atoms with E-state index >= 15 is 0 Å². The molecule has 21 heavy (non-hydrogen) atoms. The first-order valence-electron chi connectivity index (χ1n) is 6.25. The first kappa shape index (κ1) is 15.8. The molecule has 8 heteroatoms. The van der Waals surface area contributed by atoms with Crippen molar-refractivity contribution in [1.29, 1.82) is 0 Å². The number of nitrogens with one attached hydrogen (secondary N) is 1. The van der Waals surface area contributed by atoms with Crippen LogP contribution in [0.3, 0.4) is 0 Å². The SMILES string of the molecule is Cc1c(C(=O)NCCCS(N)(=O)=O)oc2ccc(Cl)cc12. The molecule has 0 saturated heterocycles. The van der Waals surface area contributed by atoms with Crippen LogP contribution in [0.5, 0.6) is 0 Å². The Balaban J connectivity index is 2.08. The van der Waals surface area contributed by atoms with Crippen molar-refractivity contribution in [3.63, 3.8) is 0 Å². The van der Waals surface area contributed by atoms with Crippen molar-refractivity contribution in [2.24, 2.45) is 5.14 Å². The highest BCUT2D eigenvalue weighted by Gasteiger charge is 2.17. The number of aryl methyl sites for hydroxylation is 1. The molecule has 0 radical (unpaired) electrons. The predicted octanol–water partition coefficient (Wildman–Crippen LogP) is 1.80. The summed E-state index contributed by atoms with van der Waals surface area (Å²) in [5.74, 6) is -0.376. The maximum absolute atomic E-state index is 12.0. The van der Waals surface area contributed by atoms with Crippen molar-refractivity contribution in [2.75, 3.05) is 12.3 Å². The molecule has 0 aliphatic carbocycles. The summed E-state index contributed by atoms with van der Waals surface area (Å²) in [6, 6.07) is 5.11. The number of carbonyl (C=O) groups excluding carboxylic acids is 1. The number of hydrogen-bond acceptors (Lipinski definition) is 4. The van der Waals surface area contributed by atoms with Crippen molar-refractivity contribution in [1.82, 2.24) is 5.32 Å². The summed E-state index contributed by atoms with van der Waals surface area (Å²) < 4.78 is 27.1. The lowest BCUT2D eigenvalue weighted by Crippen LogP contribution is -2.27. The third kappa shape index (κ3) is 3.96. The number of carbonyl (C=O) groups is 1. The summed E-state index contributed by atoms with van der Waals surface area (Å²) in [5.41, 5.74) is 1.27. The lowest BCUT2D eigenvalue weighted by Gasteiger charge is -2.03. The van der Waals surface area contributed by atoms with Crippen LogP contribution in [0, 0.1) is 6.92 Å². The minimum Gasteiger partial charge on any atom is -0.451 e. The summed E-state index contributed by atoms with van der Waals surface area (Å²) in [7, 11) is -3.51. The van der Waals surface area contributed by atoms with Gasteiger partial charge in [-0.1, -0.05) is 11.6 Å². The molecule has 114 valence electrons. The van der Waals surface area contributed by atoms with Crippen LogP contribution in [0.25, 0.3) is 11.0 Å². The summed E-state index contributed by atoms with van der Waals surface area (Å²) in [6.45, 7) is 1.97. The molecule has 0 aliphatic heterocycles. The second kappa shape index (κ2) is 6.05. The van der Waals surface area contributed by atoms with Gasteiger partial charge in [0.2, 0.25) is 10.0 Å². The molecule has 1 amide bonds. The van der Waals surface area contributed by atoms with E-state index in [2.05, 4.69) is 5.32 Å². The van der Waals surface area contributed by atoms with Crippen LogP contribution < -0.4 is 10.5 Å². The second-order valence-electron chi connectivity index (χ2n) is 4.67. The summed E-state index contributed by atoms with van der Waals surface area (Å²) in [5, 5.41) is 8.82. The normalized spacial score (nSPS) is 11.8. The zero-order chi connectivity index (χ0) is 15.6. The van der Waals surface area contributed by atoms with Crippen molar-refractivity contribution < 1.29 is 17.6 Å². The van der Waals surface area contributed by atoms with E-state index in [1.807, 2.05) is 0 Å². The Bertz CT molecular complexity index is 783. The number of hydrogen-bond donors (Lipinski definition) is 2. The number of rotatable bonds is 5. The van der Waals surface area contributed by atoms with Gasteiger partial charge >= 0.3 is 0 Å². The van der Waals surface area contributed by atoms with Crippen molar-refractivity contribution in [3.05, 3.63) is 34.5 Å². The highest BCUT2D eigenvalue weighted by atomic mass is 35.5. The average molecular weight is 331 g/mol. The number of fused-ring (bicyclic) bond motifs is 1. The van der Waals surface area contributed by atoms with E-state index < -0.39 is 15.9 Å².